The summed E-state index contributed by atoms with van der Waals surface area (Å²) in [6, 6.07) is 4.43. The van der Waals surface area contributed by atoms with Gasteiger partial charge in [-0.3, -0.25) is 0 Å². The van der Waals surface area contributed by atoms with Crippen LogP contribution in [0.4, 0.5) is 13.2 Å². The van der Waals surface area contributed by atoms with E-state index in [4.69, 9.17) is 10.5 Å². The minimum Gasteiger partial charge on any atom is -0.493 e. The number of ether oxygens (including phenoxy) is 1. The number of alkyl halides is 2. The highest BCUT2D eigenvalue weighted by Gasteiger charge is 2.39. The second-order valence-electron chi connectivity index (χ2n) is 4.70. The van der Waals surface area contributed by atoms with E-state index in [9.17, 15) is 13.2 Å². The molecule has 0 amide bonds. The fourth-order valence-electron chi connectivity index (χ4n) is 2.26. The lowest BCUT2D eigenvalue weighted by Crippen LogP contribution is -2.15. The van der Waals surface area contributed by atoms with Gasteiger partial charge in [-0.25, -0.2) is 13.2 Å². The molecule has 1 atom stereocenters. The molecule has 0 radical (unpaired) electrons. The highest BCUT2D eigenvalue weighted by Crippen LogP contribution is 2.39. The van der Waals surface area contributed by atoms with Gasteiger partial charge in [-0.05, 0) is 24.5 Å². The minimum atomic E-state index is -2.58. The molecule has 1 aliphatic carbocycles. The Hall–Kier alpha value is -1.23. The third kappa shape index (κ3) is 2.96. The lowest BCUT2D eigenvalue weighted by atomic mass is 10.1. The van der Waals surface area contributed by atoms with Crippen LogP contribution in [0.2, 0.25) is 0 Å². The molecular weight excluding hydrogens is 243 g/mol. The molecule has 0 aliphatic heterocycles. The predicted octanol–water partition coefficient (Wildman–Crippen LogP) is 3.10. The van der Waals surface area contributed by atoms with Crippen LogP contribution in [0.25, 0.3) is 0 Å². The highest BCUT2D eigenvalue weighted by molar-refractivity contribution is 5.34. The maximum atomic E-state index is 13.4. The van der Waals surface area contributed by atoms with Gasteiger partial charge < -0.3 is 10.5 Å². The van der Waals surface area contributed by atoms with Crippen molar-refractivity contribution in [3.8, 4) is 5.75 Å². The molecule has 1 aromatic carbocycles. The summed E-state index contributed by atoms with van der Waals surface area (Å²) in [7, 11) is 0. The van der Waals surface area contributed by atoms with Gasteiger partial charge in [0.2, 0.25) is 5.92 Å². The molecule has 1 aliphatic rings. The van der Waals surface area contributed by atoms with Gasteiger partial charge in [-0.2, -0.15) is 0 Å². The molecule has 2 rings (SSSR count). The number of hydrogen-bond acceptors (Lipinski definition) is 2. The number of hydrogen-bond donors (Lipinski definition) is 1. The van der Waals surface area contributed by atoms with Gasteiger partial charge in [0.05, 0.1) is 6.61 Å². The van der Waals surface area contributed by atoms with E-state index < -0.39 is 11.7 Å². The smallest absolute Gasteiger partial charge is 0.248 e. The van der Waals surface area contributed by atoms with E-state index in [1.807, 2.05) is 0 Å². The van der Waals surface area contributed by atoms with Gasteiger partial charge in [-0.1, -0.05) is 6.07 Å². The summed E-state index contributed by atoms with van der Waals surface area (Å²) in [4.78, 5) is 0. The first-order valence-corrected chi connectivity index (χ1v) is 6.00. The van der Waals surface area contributed by atoms with Crippen molar-refractivity contribution >= 4 is 0 Å². The minimum absolute atomic E-state index is 0.0306. The van der Waals surface area contributed by atoms with Crippen LogP contribution in [-0.2, 0) is 6.54 Å². The van der Waals surface area contributed by atoms with Gasteiger partial charge in [0, 0.05) is 24.9 Å². The molecule has 1 fully saturated rings. The number of nitrogens with two attached hydrogens (primary N) is 1. The van der Waals surface area contributed by atoms with E-state index in [1.54, 1.807) is 6.07 Å². The lowest BCUT2D eigenvalue weighted by Gasteiger charge is -2.14. The third-order valence-electron chi connectivity index (χ3n) is 3.26. The molecule has 0 bridgehead atoms. The first-order chi connectivity index (χ1) is 8.52. The summed E-state index contributed by atoms with van der Waals surface area (Å²) in [6.07, 6.45) is 0.203. The van der Waals surface area contributed by atoms with Crippen LogP contribution >= 0.6 is 0 Å². The Morgan fingerprint density at radius 3 is 2.78 bits per heavy atom. The molecule has 2 N–H and O–H groups in total. The maximum Gasteiger partial charge on any atom is 0.248 e. The largest absolute Gasteiger partial charge is 0.493 e. The van der Waals surface area contributed by atoms with Gasteiger partial charge >= 0.3 is 0 Å². The van der Waals surface area contributed by atoms with Crippen molar-refractivity contribution in [2.75, 3.05) is 6.61 Å². The van der Waals surface area contributed by atoms with Crippen molar-refractivity contribution in [1.29, 1.82) is 0 Å². The number of benzene rings is 1. The first kappa shape index (κ1) is 13.2. The van der Waals surface area contributed by atoms with Crippen LogP contribution < -0.4 is 10.5 Å². The number of rotatable bonds is 4. The molecule has 0 heterocycles. The Morgan fingerprint density at radius 1 is 1.39 bits per heavy atom. The van der Waals surface area contributed by atoms with E-state index in [0.29, 0.717) is 17.7 Å². The average molecular weight is 259 g/mol. The molecular formula is C13H16F3NO. The van der Waals surface area contributed by atoms with Crippen molar-refractivity contribution < 1.29 is 17.9 Å². The maximum absolute atomic E-state index is 13.4. The van der Waals surface area contributed by atoms with Crippen LogP contribution in [0.5, 0.6) is 5.75 Å². The highest BCUT2D eigenvalue weighted by atomic mass is 19.3. The molecule has 0 saturated heterocycles. The number of halogens is 3. The van der Waals surface area contributed by atoms with Gasteiger partial charge in [0.15, 0.2) is 0 Å². The zero-order valence-electron chi connectivity index (χ0n) is 9.96. The quantitative estimate of drug-likeness (QED) is 0.901. The summed E-state index contributed by atoms with van der Waals surface area (Å²) in [5.41, 5.74) is 5.73. The topological polar surface area (TPSA) is 35.2 Å². The Balaban J connectivity index is 1.97. The van der Waals surface area contributed by atoms with Gasteiger partial charge in [0.25, 0.3) is 0 Å². The van der Waals surface area contributed by atoms with Crippen LogP contribution in [0.3, 0.4) is 0 Å². The Morgan fingerprint density at radius 2 is 2.17 bits per heavy atom. The molecule has 18 heavy (non-hydrogen) atoms. The SMILES string of the molecule is NCc1c(F)cccc1OCC1CCC(F)(F)C1. The monoisotopic (exact) mass is 259 g/mol. The fraction of sp³-hybridized carbons (Fsp3) is 0.538. The second kappa shape index (κ2) is 5.18. The van der Waals surface area contributed by atoms with Gasteiger partial charge in [0.1, 0.15) is 11.6 Å². The second-order valence-corrected chi connectivity index (χ2v) is 4.70. The van der Waals surface area contributed by atoms with Crippen molar-refractivity contribution in [1.82, 2.24) is 0 Å². The van der Waals surface area contributed by atoms with E-state index in [-0.39, 0.29) is 31.9 Å². The van der Waals surface area contributed by atoms with Crippen LogP contribution in [0.15, 0.2) is 18.2 Å². The summed E-state index contributed by atoms with van der Waals surface area (Å²) in [5.74, 6) is -2.82. The molecule has 1 unspecified atom stereocenters. The molecule has 0 spiro atoms. The lowest BCUT2D eigenvalue weighted by molar-refractivity contribution is 0.00289. The standard InChI is InChI=1S/C13H16F3NO/c14-11-2-1-3-12(10(11)7-17)18-8-9-4-5-13(15,16)6-9/h1-3,9H,4-8,17H2. The zero-order valence-corrected chi connectivity index (χ0v) is 9.96. The van der Waals surface area contributed by atoms with Crippen molar-refractivity contribution in [2.45, 2.75) is 31.7 Å². The molecule has 5 heteroatoms. The van der Waals surface area contributed by atoms with Crippen molar-refractivity contribution in [2.24, 2.45) is 11.7 Å². The van der Waals surface area contributed by atoms with E-state index >= 15 is 0 Å². The molecule has 2 nitrogen and oxygen atoms in total. The summed E-state index contributed by atoms with van der Waals surface area (Å²) >= 11 is 0. The normalized spacial score (nSPS) is 22.1. The molecule has 0 aromatic heterocycles. The van der Waals surface area contributed by atoms with E-state index in [2.05, 4.69) is 0 Å². The average Bonchev–Trinajstić information content (AvgIpc) is 2.66. The molecule has 100 valence electrons. The van der Waals surface area contributed by atoms with Crippen LogP contribution in [-0.4, -0.2) is 12.5 Å². The molecule has 1 saturated carbocycles. The van der Waals surface area contributed by atoms with Crippen molar-refractivity contribution in [3.05, 3.63) is 29.6 Å². The van der Waals surface area contributed by atoms with Crippen molar-refractivity contribution in [3.63, 3.8) is 0 Å². The van der Waals surface area contributed by atoms with Gasteiger partial charge in [-0.15, -0.1) is 0 Å². The summed E-state index contributed by atoms with van der Waals surface area (Å²) in [6.45, 7) is 0.217. The molecule has 1 aromatic rings. The van der Waals surface area contributed by atoms with Crippen LogP contribution in [0, 0.1) is 11.7 Å². The third-order valence-corrected chi connectivity index (χ3v) is 3.26. The van der Waals surface area contributed by atoms with Crippen LogP contribution in [0.1, 0.15) is 24.8 Å². The predicted molar refractivity (Wildman–Crippen MR) is 62.1 cm³/mol. The Labute approximate surface area is 104 Å². The first-order valence-electron chi connectivity index (χ1n) is 6.00. The summed E-state index contributed by atoms with van der Waals surface area (Å²) in [5, 5.41) is 0. The van der Waals surface area contributed by atoms with E-state index in [0.717, 1.165) is 0 Å². The van der Waals surface area contributed by atoms with E-state index in [1.165, 1.54) is 12.1 Å². The Bertz CT molecular complexity index is 423. The summed E-state index contributed by atoms with van der Waals surface area (Å²) < 4.78 is 44.8. The fourth-order valence-corrected chi connectivity index (χ4v) is 2.26. The zero-order chi connectivity index (χ0) is 13.2. The Kier molecular flexibility index (Phi) is 3.80.